The largest absolute Gasteiger partial charge is 0.348 e. The van der Waals surface area contributed by atoms with E-state index < -0.39 is 27.7 Å². The molecule has 0 saturated heterocycles. The van der Waals surface area contributed by atoms with E-state index in [0.717, 1.165) is 14.8 Å². The molecule has 1 heterocycles. The zero-order valence-corrected chi connectivity index (χ0v) is 19.5. The van der Waals surface area contributed by atoms with Crippen molar-refractivity contribution in [1.29, 1.82) is 0 Å². The lowest BCUT2D eigenvalue weighted by Gasteiger charge is -2.15. The maximum Gasteiger partial charge on any atom is 0.261 e. The number of carbonyl (C=O) groups excluding carboxylic acids is 3. The van der Waals surface area contributed by atoms with Crippen LogP contribution in [0.5, 0.6) is 0 Å². The minimum Gasteiger partial charge on any atom is -0.348 e. The minimum absolute atomic E-state index is 0.0217. The molecule has 0 spiro atoms. The predicted molar refractivity (Wildman–Crippen MR) is 126 cm³/mol. The summed E-state index contributed by atoms with van der Waals surface area (Å²) in [7, 11) is -0.801. The van der Waals surface area contributed by atoms with Crippen LogP contribution in [0.15, 0.2) is 77.7 Å². The quantitative estimate of drug-likeness (QED) is 0.527. The number of benzene rings is 3. The number of sulfonamides is 1. The van der Waals surface area contributed by atoms with E-state index in [1.54, 1.807) is 18.2 Å². The summed E-state index contributed by atoms with van der Waals surface area (Å²) < 4.78 is 26.2. The molecule has 174 valence electrons. The number of rotatable bonds is 7. The molecule has 3 aromatic rings. The Morgan fingerprint density at radius 2 is 1.53 bits per heavy atom. The lowest BCUT2D eigenvalue weighted by Crippen LogP contribution is -2.29. The summed E-state index contributed by atoms with van der Waals surface area (Å²) in [5.41, 5.74) is 1.88. The van der Waals surface area contributed by atoms with Gasteiger partial charge < -0.3 is 5.32 Å². The van der Waals surface area contributed by atoms with Crippen molar-refractivity contribution in [2.24, 2.45) is 0 Å². The van der Waals surface area contributed by atoms with Gasteiger partial charge >= 0.3 is 0 Å². The molecule has 3 aromatic carbocycles. The highest BCUT2D eigenvalue weighted by Gasteiger charge is 2.36. The molecule has 0 bridgehead atoms. The van der Waals surface area contributed by atoms with E-state index in [1.807, 2.05) is 30.3 Å². The summed E-state index contributed by atoms with van der Waals surface area (Å²) in [6.07, 6.45) is 0. The molecule has 0 fully saturated rings. The van der Waals surface area contributed by atoms with Crippen LogP contribution in [0.3, 0.4) is 0 Å². The normalized spacial score (nSPS) is 13.3. The Morgan fingerprint density at radius 3 is 2.24 bits per heavy atom. The van der Waals surface area contributed by atoms with Gasteiger partial charge in [-0.3, -0.25) is 19.3 Å². The molecule has 0 atom stereocenters. The van der Waals surface area contributed by atoms with Crippen molar-refractivity contribution in [1.82, 2.24) is 14.5 Å². The second-order valence-electron chi connectivity index (χ2n) is 8.02. The van der Waals surface area contributed by atoms with Crippen LogP contribution in [0.4, 0.5) is 0 Å². The summed E-state index contributed by atoms with van der Waals surface area (Å²) in [5.74, 6) is -1.35. The third-order valence-electron chi connectivity index (χ3n) is 5.59. The Labute approximate surface area is 197 Å². The van der Waals surface area contributed by atoms with Crippen LogP contribution < -0.4 is 5.32 Å². The molecule has 3 amide bonds. The average molecular weight is 478 g/mol. The highest BCUT2D eigenvalue weighted by atomic mass is 32.2. The van der Waals surface area contributed by atoms with Crippen molar-refractivity contribution in [2.75, 3.05) is 14.1 Å². The molecule has 9 heteroatoms. The van der Waals surface area contributed by atoms with E-state index >= 15 is 0 Å². The highest BCUT2D eigenvalue weighted by Crippen LogP contribution is 2.26. The van der Waals surface area contributed by atoms with Crippen molar-refractivity contribution in [3.05, 3.63) is 101 Å². The molecule has 0 saturated carbocycles. The number of imide groups is 1. The van der Waals surface area contributed by atoms with Gasteiger partial charge in [-0.2, -0.15) is 0 Å². The molecular weight excluding hydrogens is 454 g/mol. The maximum atomic E-state index is 12.9. The van der Waals surface area contributed by atoms with Crippen LogP contribution >= 0.6 is 0 Å². The van der Waals surface area contributed by atoms with Crippen molar-refractivity contribution in [2.45, 2.75) is 18.0 Å². The van der Waals surface area contributed by atoms with E-state index in [9.17, 15) is 22.8 Å². The number of carbonyl (C=O) groups is 3. The standard InChI is InChI=1S/C25H23N3O5S/c1-27(2)34(32,33)22-11-7-6-10-19(22)15-26-23(29)18-12-13-20-21(14-18)25(31)28(24(20)30)16-17-8-4-3-5-9-17/h3-14H,15-16H2,1-2H3,(H,26,29). The lowest BCUT2D eigenvalue weighted by atomic mass is 10.1. The fourth-order valence-electron chi connectivity index (χ4n) is 3.72. The summed E-state index contributed by atoms with van der Waals surface area (Å²) in [4.78, 5) is 39.7. The monoisotopic (exact) mass is 477 g/mol. The summed E-state index contributed by atoms with van der Waals surface area (Å²) in [6.45, 7) is 0.123. The van der Waals surface area contributed by atoms with Gasteiger partial charge in [-0.05, 0) is 35.4 Å². The first kappa shape index (κ1) is 23.3. The van der Waals surface area contributed by atoms with E-state index in [4.69, 9.17) is 0 Å². The molecule has 1 aliphatic heterocycles. The van der Waals surface area contributed by atoms with Gasteiger partial charge in [0.2, 0.25) is 10.0 Å². The number of hydrogen-bond acceptors (Lipinski definition) is 5. The molecular formula is C25H23N3O5S. The Hall–Kier alpha value is -3.82. The van der Waals surface area contributed by atoms with Gasteiger partial charge in [0.15, 0.2) is 0 Å². The summed E-state index contributed by atoms with van der Waals surface area (Å²) in [6, 6.07) is 19.9. The number of nitrogens with one attached hydrogen (secondary N) is 1. The summed E-state index contributed by atoms with van der Waals surface area (Å²) in [5, 5.41) is 2.70. The van der Waals surface area contributed by atoms with Crippen molar-refractivity contribution in [3.8, 4) is 0 Å². The topological polar surface area (TPSA) is 104 Å². The Balaban J connectivity index is 1.52. The Kier molecular flexibility index (Phi) is 6.32. The van der Waals surface area contributed by atoms with Crippen LogP contribution in [-0.2, 0) is 23.1 Å². The molecule has 1 N–H and O–H groups in total. The Bertz CT molecular complexity index is 1380. The third kappa shape index (κ3) is 4.35. The fraction of sp³-hybridized carbons (Fsp3) is 0.160. The molecule has 0 radical (unpaired) electrons. The third-order valence-corrected chi connectivity index (χ3v) is 7.50. The zero-order valence-electron chi connectivity index (χ0n) is 18.7. The van der Waals surface area contributed by atoms with Crippen molar-refractivity contribution >= 4 is 27.7 Å². The molecule has 0 aromatic heterocycles. The van der Waals surface area contributed by atoms with E-state index in [0.29, 0.717) is 5.56 Å². The van der Waals surface area contributed by atoms with E-state index in [2.05, 4.69) is 5.32 Å². The van der Waals surface area contributed by atoms with Gasteiger partial charge in [0, 0.05) is 26.2 Å². The van der Waals surface area contributed by atoms with Gasteiger partial charge in [0.25, 0.3) is 17.7 Å². The predicted octanol–water partition coefficient (Wildman–Crippen LogP) is 2.66. The van der Waals surface area contributed by atoms with Crippen LogP contribution in [0.25, 0.3) is 0 Å². The van der Waals surface area contributed by atoms with Gasteiger partial charge in [-0.25, -0.2) is 12.7 Å². The second-order valence-corrected chi connectivity index (χ2v) is 10.1. The van der Waals surface area contributed by atoms with Crippen molar-refractivity contribution in [3.63, 3.8) is 0 Å². The number of hydrogen-bond donors (Lipinski definition) is 1. The maximum absolute atomic E-state index is 12.9. The van der Waals surface area contributed by atoms with Crippen LogP contribution in [0.1, 0.15) is 42.2 Å². The van der Waals surface area contributed by atoms with Crippen LogP contribution in [0, 0.1) is 0 Å². The second kappa shape index (κ2) is 9.20. The smallest absolute Gasteiger partial charge is 0.261 e. The molecule has 34 heavy (non-hydrogen) atoms. The first-order valence-corrected chi connectivity index (χ1v) is 12.0. The molecule has 0 unspecified atom stereocenters. The summed E-state index contributed by atoms with van der Waals surface area (Å²) >= 11 is 0. The number of fused-ring (bicyclic) bond motifs is 1. The zero-order chi connectivity index (χ0) is 24.5. The average Bonchev–Trinajstić information content (AvgIpc) is 3.07. The van der Waals surface area contributed by atoms with Crippen LogP contribution in [-0.4, -0.2) is 49.4 Å². The minimum atomic E-state index is -3.68. The van der Waals surface area contributed by atoms with Crippen molar-refractivity contribution < 1.29 is 22.8 Å². The molecule has 8 nitrogen and oxygen atoms in total. The van der Waals surface area contributed by atoms with Gasteiger partial charge in [0.05, 0.1) is 22.6 Å². The van der Waals surface area contributed by atoms with Gasteiger partial charge in [-0.15, -0.1) is 0 Å². The molecule has 0 aliphatic carbocycles. The van der Waals surface area contributed by atoms with Gasteiger partial charge in [-0.1, -0.05) is 48.5 Å². The number of amides is 3. The fourth-order valence-corrected chi connectivity index (χ4v) is 4.83. The first-order valence-electron chi connectivity index (χ1n) is 10.5. The van der Waals surface area contributed by atoms with Gasteiger partial charge in [0.1, 0.15) is 0 Å². The SMILES string of the molecule is CN(C)S(=O)(=O)c1ccccc1CNC(=O)c1ccc2c(c1)C(=O)N(Cc1ccccc1)C2=O. The molecule has 1 aliphatic rings. The van der Waals surface area contributed by atoms with E-state index in [-0.39, 0.29) is 34.7 Å². The molecule has 4 rings (SSSR count). The van der Waals surface area contributed by atoms with E-state index in [1.165, 1.54) is 38.4 Å². The van der Waals surface area contributed by atoms with Crippen LogP contribution in [0.2, 0.25) is 0 Å². The first-order chi connectivity index (χ1) is 16.2. The number of nitrogens with zero attached hydrogens (tertiary/aromatic N) is 2. The Morgan fingerprint density at radius 1 is 0.882 bits per heavy atom. The highest BCUT2D eigenvalue weighted by molar-refractivity contribution is 7.89. The lowest BCUT2D eigenvalue weighted by molar-refractivity contribution is 0.0642.